The quantitative estimate of drug-likeness (QED) is 0.839. The van der Waals surface area contributed by atoms with Gasteiger partial charge in [0.15, 0.2) is 0 Å². The fourth-order valence-corrected chi connectivity index (χ4v) is 1.69. The molecule has 0 atom stereocenters. The van der Waals surface area contributed by atoms with E-state index in [0.29, 0.717) is 17.9 Å². The SMILES string of the molecule is CCOC(=O)c1ccc(NC(=O)c2cc[nH]c(=O)c2)cc1. The van der Waals surface area contributed by atoms with E-state index in [2.05, 4.69) is 10.3 Å². The summed E-state index contributed by atoms with van der Waals surface area (Å²) in [5.74, 6) is -0.810. The predicted molar refractivity (Wildman–Crippen MR) is 77.4 cm³/mol. The minimum Gasteiger partial charge on any atom is -0.462 e. The number of carbonyl (C=O) groups is 2. The number of esters is 1. The lowest BCUT2D eigenvalue weighted by atomic mass is 10.2. The van der Waals surface area contributed by atoms with Gasteiger partial charge in [-0.3, -0.25) is 9.59 Å². The Morgan fingerprint density at radius 2 is 1.86 bits per heavy atom. The second-order valence-corrected chi connectivity index (χ2v) is 4.19. The van der Waals surface area contributed by atoms with E-state index in [0.717, 1.165) is 0 Å². The number of benzene rings is 1. The Kier molecular flexibility index (Phi) is 4.50. The third-order valence-corrected chi connectivity index (χ3v) is 2.69. The van der Waals surface area contributed by atoms with Crippen LogP contribution in [-0.2, 0) is 4.74 Å². The van der Waals surface area contributed by atoms with Gasteiger partial charge in [-0.15, -0.1) is 0 Å². The third kappa shape index (κ3) is 3.79. The average Bonchev–Trinajstić information content (AvgIpc) is 2.48. The topological polar surface area (TPSA) is 88.3 Å². The number of anilines is 1. The molecule has 1 aromatic heterocycles. The number of amides is 1. The van der Waals surface area contributed by atoms with Gasteiger partial charge in [-0.25, -0.2) is 4.79 Å². The highest BCUT2D eigenvalue weighted by molar-refractivity contribution is 6.04. The molecule has 0 saturated carbocycles. The predicted octanol–water partition coefficient (Wildman–Crippen LogP) is 1.80. The number of nitrogens with one attached hydrogen (secondary N) is 2. The summed E-state index contributed by atoms with van der Waals surface area (Å²) in [6.45, 7) is 2.04. The van der Waals surface area contributed by atoms with Crippen LogP contribution in [0.4, 0.5) is 5.69 Å². The molecule has 1 aromatic carbocycles. The van der Waals surface area contributed by atoms with Crippen molar-refractivity contribution in [3.63, 3.8) is 0 Å². The summed E-state index contributed by atoms with van der Waals surface area (Å²) in [6, 6.07) is 9.03. The summed E-state index contributed by atoms with van der Waals surface area (Å²) in [5.41, 5.74) is 0.841. The van der Waals surface area contributed by atoms with Gasteiger partial charge in [0, 0.05) is 23.5 Å². The van der Waals surface area contributed by atoms with E-state index in [1.54, 1.807) is 31.2 Å². The van der Waals surface area contributed by atoms with Gasteiger partial charge in [-0.1, -0.05) is 0 Å². The summed E-state index contributed by atoms with van der Waals surface area (Å²) in [4.78, 5) is 37.0. The minimum absolute atomic E-state index is 0.258. The summed E-state index contributed by atoms with van der Waals surface area (Å²) < 4.78 is 4.87. The highest BCUT2D eigenvalue weighted by Gasteiger charge is 2.08. The van der Waals surface area contributed by atoms with E-state index in [1.165, 1.54) is 18.3 Å². The monoisotopic (exact) mass is 286 g/mol. The Morgan fingerprint density at radius 1 is 1.14 bits per heavy atom. The first-order valence-electron chi connectivity index (χ1n) is 6.37. The van der Waals surface area contributed by atoms with Crippen molar-refractivity contribution in [2.45, 2.75) is 6.92 Å². The first kappa shape index (κ1) is 14.5. The first-order valence-corrected chi connectivity index (χ1v) is 6.37. The van der Waals surface area contributed by atoms with Gasteiger partial charge in [-0.2, -0.15) is 0 Å². The van der Waals surface area contributed by atoms with Crippen LogP contribution in [0.15, 0.2) is 47.4 Å². The molecular weight excluding hydrogens is 272 g/mol. The van der Waals surface area contributed by atoms with Crippen molar-refractivity contribution in [2.24, 2.45) is 0 Å². The fraction of sp³-hybridized carbons (Fsp3) is 0.133. The molecule has 21 heavy (non-hydrogen) atoms. The number of ether oxygens (including phenoxy) is 1. The highest BCUT2D eigenvalue weighted by atomic mass is 16.5. The van der Waals surface area contributed by atoms with E-state index in [9.17, 15) is 14.4 Å². The highest BCUT2D eigenvalue weighted by Crippen LogP contribution is 2.11. The number of pyridine rings is 1. The van der Waals surface area contributed by atoms with Gasteiger partial charge in [0.05, 0.1) is 12.2 Å². The van der Waals surface area contributed by atoms with Gasteiger partial charge in [-0.05, 0) is 37.3 Å². The summed E-state index contributed by atoms with van der Waals surface area (Å²) >= 11 is 0. The van der Waals surface area contributed by atoms with Crippen molar-refractivity contribution in [2.75, 3.05) is 11.9 Å². The third-order valence-electron chi connectivity index (χ3n) is 2.69. The van der Waals surface area contributed by atoms with Crippen LogP contribution in [0.2, 0.25) is 0 Å². The van der Waals surface area contributed by atoms with Crippen molar-refractivity contribution in [3.05, 3.63) is 64.1 Å². The van der Waals surface area contributed by atoms with E-state index in [1.807, 2.05) is 0 Å². The maximum absolute atomic E-state index is 11.9. The number of rotatable bonds is 4. The van der Waals surface area contributed by atoms with Crippen molar-refractivity contribution in [1.29, 1.82) is 0 Å². The van der Waals surface area contributed by atoms with Crippen LogP contribution in [0, 0.1) is 0 Å². The zero-order valence-corrected chi connectivity index (χ0v) is 11.4. The Labute approximate surface area is 120 Å². The van der Waals surface area contributed by atoms with Gasteiger partial charge >= 0.3 is 5.97 Å². The molecule has 0 aliphatic carbocycles. The molecule has 6 nitrogen and oxygen atoms in total. The normalized spacial score (nSPS) is 9.95. The Morgan fingerprint density at radius 3 is 2.48 bits per heavy atom. The molecule has 0 spiro atoms. The molecule has 2 N–H and O–H groups in total. The van der Waals surface area contributed by atoms with E-state index in [4.69, 9.17) is 4.74 Å². The van der Waals surface area contributed by atoms with Crippen molar-refractivity contribution < 1.29 is 14.3 Å². The molecule has 1 heterocycles. The molecule has 0 unspecified atom stereocenters. The lowest BCUT2D eigenvalue weighted by Gasteiger charge is -2.06. The van der Waals surface area contributed by atoms with Crippen LogP contribution in [0.25, 0.3) is 0 Å². The molecule has 0 aliphatic heterocycles. The fourth-order valence-electron chi connectivity index (χ4n) is 1.69. The molecule has 0 radical (unpaired) electrons. The van der Waals surface area contributed by atoms with Crippen molar-refractivity contribution in [1.82, 2.24) is 4.98 Å². The zero-order valence-electron chi connectivity index (χ0n) is 11.4. The number of aromatic amines is 1. The van der Waals surface area contributed by atoms with E-state index < -0.39 is 11.9 Å². The van der Waals surface area contributed by atoms with Crippen LogP contribution in [0.5, 0.6) is 0 Å². The number of hydrogen-bond acceptors (Lipinski definition) is 4. The number of H-pyrrole nitrogens is 1. The Hall–Kier alpha value is -2.89. The molecule has 0 aliphatic rings. The Balaban J connectivity index is 2.08. The van der Waals surface area contributed by atoms with Crippen molar-refractivity contribution >= 4 is 17.6 Å². The Bertz CT molecular complexity index is 704. The van der Waals surface area contributed by atoms with Crippen molar-refractivity contribution in [3.8, 4) is 0 Å². The molecule has 0 saturated heterocycles. The van der Waals surface area contributed by atoms with Gasteiger partial charge in [0.2, 0.25) is 5.56 Å². The molecule has 0 fully saturated rings. The molecular formula is C15H14N2O4. The number of hydrogen-bond donors (Lipinski definition) is 2. The molecule has 2 aromatic rings. The first-order chi connectivity index (χ1) is 10.1. The molecule has 2 rings (SSSR count). The molecule has 6 heteroatoms. The van der Waals surface area contributed by atoms with Crippen LogP contribution < -0.4 is 10.9 Å². The second-order valence-electron chi connectivity index (χ2n) is 4.19. The maximum Gasteiger partial charge on any atom is 0.338 e. The maximum atomic E-state index is 11.9. The zero-order chi connectivity index (χ0) is 15.2. The lowest BCUT2D eigenvalue weighted by molar-refractivity contribution is 0.0526. The summed E-state index contributed by atoms with van der Waals surface area (Å²) in [5, 5.41) is 2.64. The van der Waals surface area contributed by atoms with Crippen LogP contribution >= 0.6 is 0 Å². The molecule has 1 amide bonds. The largest absolute Gasteiger partial charge is 0.462 e. The smallest absolute Gasteiger partial charge is 0.338 e. The van der Waals surface area contributed by atoms with Crippen LogP contribution in [0.1, 0.15) is 27.6 Å². The standard InChI is InChI=1S/C15H14N2O4/c1-2-21-15(20)10-3-5-12(6-4-10)17-14(19)11-7-8-16-13(18)9-11/h3-9H,2H2,1H3,(H,16,18)(H,17,19). The molecule has 0 bridgehead atoms. The van der Waals surface area contributed by atoms with Gasteiger partial charge < -0.3 is 15.0 Å². The summed E-state index contributed by atoms with van der Waals surface area (Å²) in [6.07, 6.45) is 1.40. The summed E-state index contributed by atoms with van der Waals surface area (Å²) in [7, 11) is 0. The van der Waals surface area contributed by atoms with Gasteiger partial charge in [0.1, 0.15) is 0 Å². The van der Waals surface area contributed by atoms with E-state index >= 15 is 0 Å². The number of aromatic nitrogens is 1. The average molecular weight is 286 g/mol. The minimum atomic E-state index is -0.412. The molecule has 108 valence electrons. The van der Waals surface area contributed by atoms with Crippen LogP contribution in [0.3, 0.4) is 0 Å². The number of carbonyl (C=O) groups excluding carboxylic acids is 2. The van der Waals surface area contributed by atoms with Gasteiger partial charge in [0.25, 0.3) is 5.91 Å². The van der Waals surface area contributed by atoms with E-state index in [-0.39, 0.29) is 11.1 Å². The second kappa shape index (κ2) is 6.51. The van der Waals surface area contributed by atoms with Crippen LogP contribution in [-0.4, -0.2) is 23.5 Å². The lowest BCUT2D eigenvalue weighted by Crippen LogP contribution is -2.15.